The molecule has 3 heterocycles. The zero-order valence-electron chi connectivity index (χ0n) is 17.9. The van der Waals surface area contributed by atoms with E-state index in [-0.39, 0.29) is 17.2 Å². The van der Waals surface area contributed by atoms with Gasteiger partial charge in [-0.3, -0.25) is 14.6 Å². The largest absolute Gasteiger partial charge is 0.336 e. The van der Waals surface area contributed by atoms with Crippen LogP contribution in [0.25, 0.3) is 5.52 Å². The number of nitrogens with one attached hydrogen (secondary N) is 3. The summed E-state index contributed by atoms with van der Waals surface area (Å²) < 4.78 is 30.4. The van der Waals surface area contributed by atoms with E-state index in [1.807, 2.05) is 37.6 Å². The Morgan fingerprint density at radius 1 is 1.28 bits per heavy atom. The summed E-state index contributed by atoms with van der Waals surface area (Å²) in [7, 11) is 3.08. The molecule has 1 aromatic carbocycles. The molecule has 2 aromatic heterocycles. The second kappa shape index (κ2) is 8.48. The number of hydrogen-bond acceptors (Lipinski definition) is 8. The van der Waals surface area contributed by atoms with Crippen LogP contribution in [0.1, 0.15) is 41.3 Å². The number of fused-ring (bicyclic) bond motifs is 1. The number of rotatable bonds is 6. The molecule has 0 saturated carbocycles. The summed E-state index contributed by atoms with van der Waals surface area (Å²) in [6.07, 6.45) is 3.15. The molecule has 1 aliphatic heterocycles. The van der Waals surface area contributed by atoms with Crippen molar-refractivity contribution in [2.75, 3.05) is 26.1 Å². The molecule has 0 aliphatic carbocycles. The van der Waals surface area contributed by atoms with Gasteiger partial charge in [0, 0.05) is 24.9 Å². The highest BCUT2D eigenvalue weighted by Crippen LogP contribution is 2.33. The maximum atomic E-state index is 14.6. The number of carbonyl (C=O) groups excluding carboxylic acids is 1. The molecule has 3 aromatic rings. The van der Waals surface area contributed by atoms with E-state index in [9.17, 15) is 13.6 Å². The van der Waals surface area contributed by atoms with Crippen LogP contribution in [-0.2, 0) is 4.84 Å². The number of aliphatic imine (C=N–C) groups is 1. The van der Waals surface area contributed by atoms with Crippen molar-refractivity contribution in [2.45, 2.75) is 19.8 Å². The third kappa shape index (κ3) is 3.74. The minimum atomic E-state index is -1.02. The van der Waals surface area contributed by atoms with Crippen molar-refractivity contribution in [2.24, 2.45) is 4.99 Å². The second-order valence-corrected chi connectivity index (χ2v) is 7.44. The van der Waals surface area contributed by atoms with Crippen LogP contribution in [-0.4, -0.2) is 52.2 Å². The number of hydrazine groups is 1. The Morgan fingerprint density at radius 3 is 2.72 bits per heavy atom. The third-order valence-corrected chi connectivity index (χ3v) is 5.03. The number of hydroxylamine groups is 1. The molecule has 10 nitrogen and oxygen atoms in total. The molecule has 12 heteroatoms. The van der Waals surface area contributed by atoms with Gasteiger partial charge in [-0.05, 0) is 17.5 Å². The third-order valence-electron chi connectivity index (χ3n) is 5.03. The summed E-state index contributed by atoms with van der Waals surface area (Å²) >= 11 is 0. The monoisotopic (exact) mass is 444 g/mol. The summed E-state index contributed by atoms with van der Waals surface area (Å²) in [5.41, 5.74) is 7.01. The van der Waals surface area contributed by atoms with Crippen molar-refractivity contribution in [3.8, 4) is 0 Å². The quantitative estimate of drug-likeness (QED) is 0.501. The highest BCUT2D eigenvalue weighted by atomic mass is 19.1. The number of anilines is 2. The molecule has 0 bridgehead atoms. The Bertz CT molecular complexity index is 1220. The zero-order chi connectivity index (χ0) is 23.0. The van der Waals surface area contributed by atoms with Gasteiger partial charge in [-0.1, -0.05) is 13.8 Å². The van der Waals surface area contributed by atoms with Crippen molar-refractivity contribution < 1.29 is 18.4 Å². The van der Waals surface area contributed by atoms with E-state index in [1.54, 1.807) is 4.52 Å². The van der Waals surface area contributed by atoms with E-state index >= 15 is 0 Å². The number of aromatic nitrogens is 3. The Balaban J connectivity index is 1.84. The van der Waals surface area contributed by atoms with Gasteiger partial charge < -0.3 is 5.32 Å². The summed E-state index contributed by atoms with van der Waals surface area (Å²) in [5, 5.41) is 9.00. The van der Waals surface area contributed by atoms with Crippen LogP contribution in [0.4, 0.5) is 20.3 Å². The van der Waals surface area contributed by atoms with Crippen molar-refractivity contribution in [3.63, 3.8) is 0 Å². The first-order valence-corrected chi connectivity index (χ1v) is 9.79. The first-order valence-electron chi connectivity index (χ1n) is 9.79. The van der Waals surface area contributed by atoms with Gasteiger partial charge in [-0.25, -0.2) is 34.2 Å². The van der Waals surface area contributed by atoms with Crippen LogP contribution >= 0.6 is 0 Å². The Hall–Kier alpha value is -3.64. The van der Waals surface area contributed by atoms with Gasteiger partial charge in [0.15, 0.2) is 5.82 Å². The molecule has 4 rings (SSSR count). The molecule has 1 aliphatic rings. The molecule has 0 radical (unpaired) electrons. The van der Waals surface area contributed by atoms with E-state index in [0.29, 0.717) is 24.1 Å². The first kappa shape index (κ1) is 21.6. The van der Waals surface area contributed by atoms with E-state index in [0.717, 1.165) is 23.0 Å². The van der Waals surface area contributed by atoms with Gasteiger partial charge >= 0.3 is 0 Å². The van der Waals surface area contributed by atoms with Gasteiger partial charge in [-0.15, -0.1) is 0 Å². The Morgan fingerprint density at radius 2 is 2.06 bits per heavy atom. The predicted octanol–water partition coefficient (Wildman–Crippen LogP) is 2.32. The number of amides is 1. The molecule has 0 unspecified atom stereocenters. The van der Waals surface area contributed by atoms with Crippen LogP contribution in [0.3, 0.4) is 0 Å². The van der Waals surface area contributed by atoms with Gasteiger partial charge in [-0.2, -0.15) is 5.10 Å². The van der Waals surface area contributed by atoms with Crippen molar-refractivity contribution in [1.82, 2.24) is 30.5 Å². The lowest BCUT2D eigenvalue weighted by Crippen LogP contribution is -2.33. The average molecular weight is 444 g/mol. The minimum absolute atomic E-state index is 0.0550. The van der Waals surface area contributed by atoms with Gasteiger partial charge in [0.1, 0.15) is 36.0 Å². The molecule has 1 amide bonds. The molecular formula is C20H22F2N8O2. The van der Waals surface area contributed by atoms with Crippen LogP contribution in [0.5, 0.6) is 0 Å². The lowest BCUT2D eigenvalue weighted by Gasteiger charge is -2.16. The molecular weight excluding hydrogens is 422 g/mol. The van der Waals surface area contributed by atoms with Crippen LogP contribution in [0, 0.1) is 11.6 Å². The fourth-order valence-electron chi connectivity index (χ4n) is 3.65. The number of carbonyl (C=O) groups is 1. The van der Waals surface area contributed by atoms with Crippen LogP contribution < -0.4 is 16.2 Å². The number of nitrogens with zero attached hydrogens (tertiary/aromatic N) is 5. The normalized spacial score (nSPS) is 13.7. The zero-order valence-corrected chi connectivity index (χ0v) is 17.9. The van der Waals surface area contributed by atoms with Gasteiger partial charge in [0.25, 0.3) is 5.91 Å². The number of amidine groups is 1. The lowest BCUT2D eigenvalue weighted by atomic mass is 9.99. The highest BCUT2D eigenvalue weighted by molar-refractivity contribution is 6.03. The molecule has 0 atom stereocenters. The van der Waals surface area contributed by atoms with Crippen LogP contribution in [0.15, 0.2) is 29.6 Å². The highest BCUT2D eigenvalue weighted by Gasteiger charge is 2.26. The maximum absolute atomic E-state index is 14.6. The minimum Gasteiger partial charge on any atom is -0.336 e. The lowest BCUT2D eigenvalue weighted by molar-refractivity contribution is 0.0533. The molecule has 0 saturated heterocycles. The Kier molecular flexibility index (Phi) is 5.72. The fraction of sp³-hybridized carbons (Fsp3) is 0.300. The summed E-state index contributed by atoms with van der Waals surface area (Å²) in [4.78, 5) is 25.4. The molecule has 3 N–H and O–H groups in total. The maximum Gasteiger partial charge on any atom is 0.277 e. The van der Waals surface area contributed by atoms with E-state index in [2.05, 4.69) is 30.7 Å². The number of benzene rings is 1. The topological polar surface area (TPSA) is 108 Å². The standard InChI is InChI=1S/C20H22F2N8O2/c1-10(2)16-12(19-24-9-25-29(19)3)7-30-17(16)18(23-8-26-30)27-15-5-11(20(31)28-32-4)13(21)6-14(15)22/h5-8,10,25H,9H2,1-4H3,(H,28,31)(H,23,26,27). The SMILES string of the molecule is CONC(=O)c1cc(Nc2ncnn3cc(C4=NCNN4C)c(C(C)C)c23)c(F)cc1F. The second-order valence-electron chi connectivity index (χ2n) is 7.44. The first-order chi connectivity index (χ1) is 15.3. The van der Waals surface area contributed by atoms with Crippen molar-refractivity contribution >= 4 is 28.8 Å². The van der Waals surface area contributed by atoms with E-state index < -0.39 is 17.5 Å². The summed E-state index contributed by atoms with van der Waals surface area (Å²) in [5.74, 6) is -1.64. The molecule has 0 fully saturated rings. The molecule has 168 valence electrons. The van der Waals surface area contributed by atoms with E-state index in [1.165, 1.54) is 13.4 Å². The summed E-state index contributed by atoms with van der Waals surface area (Å²) in [6, 6.07) is 1.70. The molecule has 0 spiro atoms. The number of halogens is 2. The smallest absolute Gasteiger partial charge is 0.277 e. The summed E-state index contributed by atoms with van der Waals surface area (Å²) in [6.45, 7) is 4.49. The Labute approximate surface area is 182 Å². The van der Waals surface area contributed by atoms with Crippen LogP contribution in [0.2, 0.25) is 0 Å². The average Bonchev–Trinajstić information content (AvgIpc) is 3.33. The van der Waals surface area contributed by atoms with E-state index in [4.69, 9.17) is 0 Å². The van der Waals surface area contributed by atoms with Gasteiger partial charge in [0.05, 0.1) is 18.4 Å². The van der Waals surface area contributed by atoms with Gasteiger partial charge in [0.2, 0.25) is 0 Å². The fourth-order valence-corrected chi connectivity index (χ4v) is 3.65. The number of hydrogen-bond donors (Lipinski definition) is 3. The predicted molar refractivity (Wildman–Crippen MR) is 113 cm³/mol. The molecule has 32 heavy (non-hydrogen) atoms. The van der Waals surface area contributed by atoms with Crippen molar-refractivity contribution in [3.05, 3.63) is 53.0 Å². The van der Waals surface area contributed by atoms with Crippen molar-refractivity contribution in [1.29, 1.82) is 0 Å².